The molecule has 110 valence electrons. The largest absolute Gasteiger partial charge is 0.481 e. The van der Waals surface area contributed by atoms with Crippen molar-refractivity contribution in [2.75, 3.05) is 13.1 Å². The second kappa shape index (κ2) is 11.6. The topological polar surface area (TPSA) is 78.4 Å². The molecule has 0 fully saturated rings. The van der Waals surface area contributed by atoms with Crippen molar-refractivity contribution in [2.45, 2.75) is 46.0 Å². The van der Waals surface area contributed by atoms with Crippen molar-refractivity contribution < 1.29 is 14.7 Å². The van der Waals surface area contributed by atoms with Gasteiger partial charge in [0, 0.05) is 19.5 Å². The van der Waals surface area contributed by atoms with Crippen LogP contribution in [0.25, 0.3) is 0 Å². The third-order valence-corrected chi connectivity index (χ3v) is 3.01. The molecule has 0 bridgehead atoms. The van der Waals surface area contributed by atoms with Crippen molar-refractivity contribution in [3.8, 4) is 0 Å². The van der Waals surface area contributed by atoms with E-state index in [4.69, 9.17) is 5.11 Å². The van der Waals surface area contributed by atoms with Crippen LogP contribution >= 0.6 is 0 Å². The fourth-order valence-electron chi connectivity index (χ4n) is 1.77. The molecule has 19 heavy (non-hydrogen) atoms. The molecule has 5 nitrogen and oxygen atoms in total. The van der Waals surface area contributed by atoms with Crippen LogP contribution in [0, 0.1) is 5.92 Å². The third-order valence-electron chi connectivity index (χ3n) is 3.01. The van der Waals surface area contributed by atoms with E-state index in [1.165, 1.54) is 0 Å². The molecule has 0 aliphatic carbocycles. The third kappa shape index (κ3) is 11.3. The fraction of sp³-hybridized carbons (Fsp3) is 0.714. The van der Waals surface area contributed by atoms with Gasteiger partial charge in [0.05, 0.1) is 0 Å². The number of aliphatic carboxylic acids is 1. The molecule has 5 heteroatoms. The lowest BCUT2D eigenvalue weighted by molar-refractivity contribution is -0.137. The van der Waals surface area contributed by atoms with E-state index in [9.17, 15) is 9.59 Å². The highest BCUT2D eigenvalue weighted by molar-refractivity contribution is 5.73. The highest BCUT2D eigenvalue weighted by Crippen LogP contribution is 2.14. The number of nitrogens with one attached hydrogen (secondary N) is 2. The summed E-state index contributed by atoms with van der Waals surface area (Å²) in [6.07, 6.45) is 7.43. The molecular weight excluding hydrogens is 244 g/mol. The van der Waals surface area contributed by atoms with Crippen LogP contribution in [0.1, 0.15) is 46.0 Å². The van der Waals surface area contributed by atoms with Crippen LogP contribution < -0.4 is 10.6 Å². The van der Waals surface area contributed by atoms with Gasteiger partial charge in [0.2, 0.25) is 0 Å². The van der Waals surface area contributed by atoms with Gasteiger partial charge >= 0.3 is 12.0 Å². The quantitative estimate of drug-likeness (QED) is 0.421. The second-order valence-corrected chi connectivity index (χ2v) is 4.54. The Bertz CT molecular complexity index is 290. The molecule has 3 N–H and O–H groups in total. The molecule has 0 aromatic heterocycles. The van der Waals surface area contributed by atoms with Crippen LogP contribution in [0.3, 0.4) is 0 Å². The number of carbonyl (C=O) groups excluding carboxylic acids is 1. The molecule has 0 saturated carbocycles. The van der Waals surface area contributed by atoms with Crippen LogP contribution in [0.5, 0.6) is 0 Å². The number of amides is 2. The van der Waals surface area contributed by atoms with E-state index in [1.54, 1.807) is 0 Å². The Morgan fingerprint density at radius 1 is 1.21 bits per heavy atom. The Morgan fingerprint density at radius 2 is 1.89 bits per heavy atom. The number of carboxylic acid groups (broad SMARTS) is 1. The van der Waals surface area contributed by atoms with Crippen molar-refractivity contribution in [3.63, 3.8) is 0 Å². The second-order valence-electron chi connectivity index (χ2n) is 4.54. The summed E-state index contributed by atoms with van der Waals surface area (Å²) in [5.74, 6) is -0.396. The van der Waals surface area contributed by atoms with Gasteiger partial charge in [-0.1, -0.05) is 25.5 Å². The maximum atomic E-state index is 11.4. The molecule has 0 aliphatic rings. The van der Waals surface area contributed by atoms with Gasteiger partial charge in [0.15, 0.2) is 0 Å². The Hall–Kier alpha value is -1.52. The lowest BCUT2D eigenvalue weighted by Crippen LogP contribution is -2.36. The number of hydrogen-bond donors (Lipinski definition) is 3. The van der Waals surface area contributed by atoms with E-state index in [2.05, 4.69) is 10.6 Å². The number of rotatable bonds is 10. The first-order valence-corrected chi connectivity index (χ1v) is 6.94. The average molecular weight is 270 g/mol. The summed E-state index contributed by atoms with van der Waals surface area (Å²) in [6, 6.07) is -0.155. The molecule has 0 aromatic carbocycles. The van der Waals surface area contributed by atoms with Gasteiger partial charge < -0.3 is 15.7 Å². The Kier molecular flexibility index (Phi) is 10.6. The minimum absolute atomic E-state index is 0.155. The first-order valence-electron chi connectivity index (χ1n) is 6.94. The zero-order valence-electron chi connectivity index (χ0n) is 11.9. The number of carboxylic acids is 1. The summed E-state index contributed by atoms with van der Waals surface area (Å²) in [4.78, 5) is 21.9. The molecule has 0 heterocycles. The van der Waals surface area contributed by atoms with E-state index in [1.807, 2.05) is 26.0 Å². The van der Waals surface area contributed by atoms with Crippen molar-refractivity contribution in [3.05, 3.63) is 12.2 Å². The summed E-state index contributed by atoms with van der Waals surface area (Å²) in [5, 5.41) is 14.2. The minimum Gasteiger partial charge on any atom is -0.481 e. The maximum Gasteiger partial charge on any atom is 0.314 e. The predicted octanol–water partition coefficient (Wildman–Crippen LogP) is 2.53. The van der Waals surface area contributed by atoms with Crippen LogP contribution in [-0.2, 0) is 4.79 Å². The molecule has 0 aromatic rings. The van der Waals surface area contributed by atoms with Gasteiger partial charge in [-0.05, 0) is 32.1 Å². The van der Waals surface area contributed by atoms with Gasteiger partial charge in [-0.25, -0.2) is 4.79 Å². The lowest BCUT2D eigenvalue weighted by Gasteiger charge is -2.14. The summed E-state index contributed by atoms with van der Waals surface area (Å²) < 4.78 is 0. The molecule has 2 amide bonds. The summed E-state index contributed by atoms with van der Waals surface area (Å²) in [6.45, 7) is 5.21. The van der Waals surface area contributed by atoms with E-state index in [0.29, 0.717) is 25.4 Å². The van der Waals surface area contributed by atoms with Gasteiger partial charge in [-0.3, -0.25) is 4.79 Å². The van der Waals surface area contributed by atoms with Crippen LogP contribution in [0.2, 0.25) is 0 Å². The van der Waals surface area contributed by atoms with E-state index < -0.39 is 5.97 Å². The monoisotopic (exact) mass is 270 g/mol. The molecule has 0 radical (unpaired) electrons. The van der Waals surface area contributed by atoms with Crippen LogP contribution in [0.15, 0.2) is 12.2 Å². The number of allylic oxidation sites excluding steroid dienone is 1. The Balaban J connectivity index is 3.63. The number of carbonyl (C=O) groups is 2. The predicted molar refractivity (Wildman–Crippen MR) is 76.1 cm³/mol. The Morgan fingerprint density at radius 3 is 2.47 bits per heavy atom. The number of urea groups is 1. The molecule has 0 spiro atoms. The molecule has 0 rings (SSSR count). The van der Waals surface area contributed by atoms with Gasteiger partial charge in [0.25, 0.3) is 0 Å². The Labute approximate surface area is 115 Å². The van der Waals surface area contributed by atoms with E-state index in [0.717, 1.165) is 19.3 Å². The van der Waals surface area contributed by atoms with Crippen molar-refractivity contribution in [2.24, 2.45) is 5.92 Å². The normalized spacial score (nSPS) is 12.3. The highest BCUT2D eigenvalue weighted by atomic mass is 16.4. The van der Waals surface area contributed by atoms with E-state index >= 15 is 0 Å². The van der Waals surface area contributed by atoms with Gasteiger partial charge in [-0.2, -0.15) is 0 Å². The van der Waals surface area contributed by atoms with Crippen molar-refractivity contribution in [1.29, 1.82) is 0 Å². The fourth-order valence-corrected chi connectivity index (χ4v) is 1.77. The lowest BCUT2D eigenvalue weighted by atomic mass is 9.97. The highest BCUT2D eigenvalue weighted by Gasteiger charge is 2.09. The summed E-state index contributed by atoms with van der Waals surface area (Å²) >= 11 is 0. The SMILES string of the molecule is C/C=C/CCNC(=O)NCCC(CC)CCC(=O)O. The minimum atomic E-state index is -0.756. The summed E-state index contributed by atoms with van der Waals surface area (Å²) in [7, 11) is 0. The van der Waals surface area contributed by atoms with E-state index in [-0.39, 0.29) is 12.5 Å². The number of hydrogen-bond acceptors (Lipinski definition) is 2. The van der Waals surface area contributed by atoms with Gasteiger partial charge in [0.1, 0.15) is 0 Å². The molecule has 0 saturated heterocycles. The average Bonchev–Trinajstić information content (AvgIpc) is 2.38. The molecule has 1 atom stereocenters. The van der Waals surface area contributed by atoms with Crippen molar-refractivity contribution in [1.82, 2.24) is 10.6 Å². The standard InChI is InChI=1S/C14H26N2O3/c1-3-5-6-10-15-14(19)16-11-9-12(4-2)7-8-13(17)18/h3,5,12H,4,6-11H2,1-2H3,(H,17,18)(H2,15,16,19)/b5-3+. The first kappa shape index (κ1) is 17.5. The summed E-state index contributed by atoms with van der Waals surface area (Å²) in [5.41, 5.74) is 0. The smallest absolute Gasteiger partial charge is 0.314 e. The van der Waals surface area contributed by atoms with Crippen LogP contribution in [-0.4, -0.2) is 30.2 Å². The molecule has 0 aliphatic heterocycles. The van der Waals surface area contributed by atoms with Crippen molar-refractivity contribution >= 4 is 12.0 Å². The zero-order valence-corrected chi connectivity index (χ0v) is 11.9. The molecule has 1 unspecified atom stereocenters. The molecular formula is C14H26N2O3. The zero-order chi connectivity index (χ0) is 14.5. The van der Waals surface area contributed by atoms with Crippen LogP contribution in [0.4, 0.5) is 4.79 Å². The van der Waals surface area contributed by atoms with Gasteiger partial charge in [-0.15, -0.1) is 0 Å². The first-order chi connectivity index (χ1) is 9.10. The maximum absolute atomic E-state index is 11.4.